The number of fused-ring (bicyclic) bond motifs is 1. The second-order valence-corrected chi connectivity index (χ2v) is 8.44. The summed E-state index contributed by atoms with van der Waals surface area (Å²) in [6.07, 6.45) is 16.0. The van der Waals surface area contributed by atoms with Gasteiger partial charge in [0.05, 0.1) is 6.42 Å². The topological polar surface area (TPSA) is 44.8 Å². The molecule has 0 amide bonds. The number of hydrogen-bond acceptors (Lipinski definition) is 4. The Kier molecular flexibility index (Phi) is 7.08. The van der Waals surface area contributed by atoms with E-state index in [2.05, 4.69) is 43.4 Å². The molecule has 4 heteroatoms. The fourth-order valence-electron chi connectivity index (χ4n) is 4.12. The Morgan fingerprint density at radius 1 is 1.07 bits per heavy atom. The molecule has 28 heavy (non-hydrogen) atoms. The minimum absolute atomic E-state index is 0.188. The van der Waals surface area contributed by atoms with Crippen LogP contribution in [0.25, 0.3) is 6.08 Å². The molecule has 1 aromatic carbocycles. The molecule has 0 aromatic heterocycles. The third kappa shape index (κ3) is 5.79. The van der Waals surface area contributed by atoms with Gasteiger partial charge >= 0.3 is 5.97 Å². The van der Waals surface area contributed by atoms with Crippen molar-refractivity contribution in [2.24, 2.45) is 0 Å². The first-order valence-corrected chi connectivity index (χ1v) is 10.4. The van der Waals surface area contributed by atoms with Crippen molar-refractivity contribution in [3.8, 4) is 0 Å². The van der Waals surface area contributed by atoms with Crippen molar-refractivity contribution in [1.29, 1.82) is 0 Å². The normalized spacial score (nSPS) is 30.1. The Bertz CT molecular complexity index is 696. The molecule has 4 nitrogen and oxygen atoms in total. The number of rotatable bonds is 9. The van der Waals surface area contributed by atoms with Gasteiger partial charge in [-0.15, -0.1) is 0 Å². The predicted molar refractivity (Wildman–Crippen MR) is 110 cm³/mol. The van der Waals surface area contributed by atoms with Crippen LogP contribution < -0.4 is 0 Å². The molecule has 0 bridgehead atoms. The van der Waals surface area contributed by atoms with E-state index in [1.165, 1.54) is 24.8 Å². The quantitative estimate of drug-likeness (QED) is 0.234. The highest BCUT2D eigenvalue weighted by atomic mass is 17.2. The summed E-state index contributed by atoms with van der Waals surface area (Å²) in [4.78, 5) is 22.7. The van der Waals surface area contributed by atoms with Crippen LogP contribution in [0.3, 0.4) is 0 Å². The predicted octanol–water partition coefficient (Wildman–Crippen LogP) is 5.78. The minimum Gasteiger partial charge on any atom is -0.456 e. The molecule has 2 saturated heterocycles. The highest BCUT2D eigenvalue weighted by molar-refractivity contribution is 5.73. The van der Waals surface area contributed by atoms with Crippen LogP contribution >= 0.6 is 0 Å². The smallest absolute Gasteiger partial charge is 0.309 e. The number of ether oxygens (including phenoxy) is 1. The Morgan fingerprint density at radius 3 is 2.68 bits per heavy atom. The average Bonchev–Trinajstić information content (AvgIpc) is 2.96. The van der Waals surface area contributed by atoms with E-state index in [0.29, 0.717) is 12.8 Å². The number of unbranched alkanes of at least 4 members (excludes halogenated alkanes) is 4. The fraction of sp³-hybridized carbons (Fsp3) is 0.542. The second-order valence-electron chi connectivity index (χ2n) is 8.44. The molecule has 0 N–H and O–H groups in total. The Hall–Kier alpha value is -1.91. The van der Waals surface area contributed by atoms with Gasteiger partial charge in [0, 0.05) is 6.42 Å². The molecule has 0 aliphatic carbocycles. The van der Waals surface area contributed by atoms with Crippen LogP contribution in [0.4, 0.5) is 0 Å². The van der Waals surface area contributed by atoms with Crippen LogP contribution in [0.1, 0.15) is 70.8 Å². The average molecular weight is 385 g/mol. The summed E-state index contributed by atoms with van der Waals surface area (Å²) in [5.41, 5.74) is 0.308. The van der Waals surface area contributed by atoms with Crippen LogP contribution in [-0.4, -0.2) is 23.3 Å². The summed E-state index contributed by atoms with van der Waals surface area (Å²) in [6, 6.07) is 10.3. The minimum atomic E-state index is -0.540. The summed E-state index contributed by atoms with van der Waals surface area (Å²) in [6.45, 7) is 4.02. The van der Waals surface area contributed by atoms with Crippen LogP contribution in [0.5, 0.6) is 0 Å². The van der Waals surface area contributed by atoms with Gasteiger partial charge in [-0.05, 0) is 38.7 Å². The molecule has 152 valence electrons. The monoisotopic (exact) mass is 384 g/mol. The number of carbonyl (C=O) groups is 1. The number of allylic oxidation sites excluding steroid dienone is 3. The second kappa shape index (κ2) is 9.53. The van der Waals surface area contributed by atoms with E-state index in [4.69, 9.17) is 14.5 Å². The number of hydrogen-bond donors (Lipinski definition) is 0. The van der Waals surface area contributed by atoms with Crippen molar-refractivity contribution < 1.29 is 19.3 Å². The van der Waals surface area contributed by atoms with E-state index < -0.39 is 5.60 Å². The lowest BCUT2D eigenvalue weighted by Crippen LogP contribution is -2.51. The van der Waals surface area contributed by atoms with Crippen molar-refractivity contribution in [2.45, 2.75) is 82.5 Å². The van der Waals surface area contributed by atoms with Gasteiger partial charge in [0.15, 0.2) is 0 Å². The number of benzene rings is 1. The summed E-state index contributed by atoms with van der Waals surface area (Å²) >= 11 is 0. The van der Waals surface area contributed by atoms with E-state index >= 15 is 0 Å². The van der Waals surface area contributed by atoms with Crippen molar-refractivity contribution in [2.75, 3.05) is 0 Å². The maximum absolute atomic E-state index is 11.6. The Balaban J connectivity index is 1.27. The number of esters is 1. The Morgan fingerprint density at radius 2 is 1.86 bits per heavy atom. The lowest BCUT2D eigenvalue weighted by Gasteiger charge is -2.43. The van der Waals surface area contributed by atoms with E-state index in [1.807, 2.05) is 25.1 Å². The standard InChI is InChI=1S/C24H32O4/c1-23(19-24(2)21(27-28-23)18-22(25)26-24)17-13-8-6-4-3-5-7-10-14-20-15-11-9-12-16-20/h5,7,9-12,14-16,21H,3-4,6,8,13,17-19H2,1-2H3/b7-5+,14-10+/t21-,23+,24-/m1/s1. The van der Waals surface area contributed by atoms with Crippen molar-refractivity contribution in [3.63, 3.8) is 0 Å². The zero-order chi connectivity index (χ0) is 19.9. The van der Waals surface area contributed by atoms with Crippen molar-refractivity contribution in [1.82, 2.24) is 0 Å². The molecule has 3 rings (SSSR count). The van der Waals surface area contributed by atoms with Crippen LogP contribution in [0.15, 0.2) is 48.6 Å². The van der Waals surface area contributed by atoms with Gasteiger partial charge < -0.3 is 4.74 Å². The number of carbonyl (C=O) groups excluding carboxylic acids is 1. The SMILES string of the molecule is C[C@]1(CCCCCC/C=C/C=C/c2ccccc2)C[C@@]2(C)OC(=O)C[C@H]2OO1. The van der Waals surface area contributed by atoms with E-state index in [0.717, 1.165) is 19.3 Å². The first-order chi connectivity index (χ1) is 13.5. The van der Waals surface area contributed by atoms with Gasteiger partial charge in [-0.2, -0.15) is 0 Å². The molecule has 0 spiro atoms. The lowest BCUT2D eigenvalue weighted by atomic mass is 9.82. The largest absolute Gasteiger partial charge is 0.456 e. The lowest BCUT2D eigenvalue weighted by molar-refractivity contribution is -0.428. The molecule has 0 radical (unpaired) electrons. The van der Waals surface area contributed by atoms with Crippen molar-refractivity contribution >= 4 is 12.0 Å². The first-order valence-electron chi connectivity index (χ1n) is 10.4. The van der Waals surface area contributed by atoms with E-state index in [9.17, 15) is 4.79 Å². The third-order valence-corrected chi connectivity index (χ3v) is 5.63. The fourth-order valence-corrected chi connectivity index (χ4v) is 4.12. The molecule has 0 unspecified atom stereocenters. The van der Waals surface area contributed by atoms with E-state index in [1.54, 1.807) is 0 Å². The van der Waals surface area contributed by atoms with Crippen LogP contribution in [0.2, 0.25) is 0 Å². The zero-order valence-electron chi connectivity index (χ0n) is 17.1. The molecule has 2 fully saturated rings. The molecule has 0 saturated carbocycles. The summed E-state index contributed by atoms with van der Waals surface area (Å²) in [5, 5.41) is 0. The summed E-state index contributed by atoms with van der Waals surface area (Å²) in [7, 11) is 0. The van der Waals surface area contributed by atoms with Crippen molar-refractivity contribution in [3.05, 3.63) is 54.1 Å². The Labute approximate surface area is 168 Å². The van der Waals surface area contributed by atoms with Gasteiger partial charge in [-0.3, -0.25) is 4.79 Å². The molecule has 3 atom stereocenters. The zero-order valence-corrected chi connectivity index (χ0v) is 17.1. The first kappa shape index (κ1) is 20.8. The van der Waals surface area contributed by atoms with Gasteiger partial charge in [-0.1, -0.05) is 73.9 Å². The molecular weight excluding hydrogens is 352 g/mol. The van der Waals surface area contributed by atoms with Crippen LogP contribution in [-0.2, 0) is 19.3 Å². The highest BCUT2D eigenvalue weighted by Crippen LogP contribution is 2.44. The van der Waals surface area contributed by atoms with Gasteiger partial charge in [0.2, 0.25) is 0 Å². The molecule has 1 aromatic rings. The third-order valence-electron chi connectivity index (χ3n) is 5.63. The molecular formula is C24H32O4. The summed E-state index contributed by atoms with van der Waals surface area (Å²) in [5.74, 6) is -0.188. The maximum Gasteiger partial charge on any atom is 0.309 e. The molecule has 2 aliphatic heterocycles. The van der Waals surface area contributed by atoms with E-state index in [-0.39, 0.29) is 17.7 Å². The van der Waals surface area contributed by atoms with Gasteiger partial charge in [0.1, 0.15) is 17.3 Å². The molecule has 2 aliphatic rings. The highest BCUT2D eigenvalue weighted by Gasteiger charge is 2.55. The maximum atomic E-state index is 11.6. The summed E-state index contributed by atoms with van der Waals surface area (Å²) < 4.78 is 5.51. The van der Waals surface area contributed by atoms with Gasteiger partial charge in [0.25, 0.3) is 0 Å². The van der Waals surface area contributed by atoms with Gasteiger partial charge in [-0.25, -0.2) is 9.78 Å². The van der Waals surface area contributed by atoms with Crippen LogP contribution in [0, 0.1) is 0 Å². The molecule has 2 heterocycles.